The van der Waals surface area contributed by atoms with Crippen LogP contribution in [0.3, 0.4) is 0 Å². The molecule has 3 rings (SSSR count). The lowest BCUT2D eigenvalue weighted by molar-refractivity contribution is -0.126. The smallest absolute Gasteiger partial charge is 0.155 e. The number of hydrogen-bond acceptors (Lipinski definition) is 2. The van der Waals surface area contributed by atoms with E-state index in [1.165, 1.54) is 31.4 Å². The van der Waals surface area contributed by atoms with Crippen molar-refractivity contribution in [3.05, 3.63) is 25.3 Å². The van der Waals surface area contributed by atoms with Gasteiger partial charge in [0.1, 0.15) is 0 Å². The summed E-state index contributed by atoms with van der Waals surface area (Å²) in [5.41, 5.74) is 0.155. The van der Waals surface area contributed by atoms with Crippen molar-refractivity contribution >= 4 is 11.6 Å². The van der Waals surface area contributed by atoms with Crippen LogP contribution in [-0.4, -0.2) is 11.6 Å². The van der Waals surface area contributed by atoms with Gasteiger partial charge in [0.05, 0.1) is 0 Å². The fourth-order valence-electron chi connectivity index (χ4n) is 5.94. The summed E-state index contributed by atoms with van der Waals surface area (Å²) in [5, 5.41) is 0. The van der Waals surface area contributed by atoms with Crippen LogP contribution in [0.15, 0.2) is 25.3 Å². The molecule has 3 aliphatic rings. The SMILES string of the molecule is C=CC(=O)CC12CCC(C1)C1CCCC12CC(=O)C=C. The molecule has 0 aromatic heterocycles. The van der Waals surface area contributed by atoms with Crippen molar-refractivity contribution in [1.29, 1.82) is 0 Å². The van der Waals surface area contributed by atoms with Gasteiger partial charge < -0.3 is 0 Å². The van der Waals surface area contributed by atoms with Crippen LogP contribution in [0.1, 0.15) is 51.4 Å². The highest BCUT2D eigenvalue weighted by atomic mass is 16.1. The third-order valence-electron chi connectivity index (χ3n) is 6.58. The second kappa shape index (κ2) is 4.68. The fourth-order valence-corrected chi connectivity index (χ4v) is 5.94. The van der Waals surface area contributed by atoms with Crippen LogP contribution in [0.4, 0.5) is 0 Å². The summed E-state index contributed by atoms with van der Waals surface area (Å²) in [7, 11) is 0. The third kappa shape index (κ3) is 1.70. The normalized spacial score (nSPS) is 41.4. The van der Waals surface area contributed by atoms with Gasteiger partial charge in [-0.1, -0.05) is 19.6 Å². The largest absolute Gasteiger partial charge is 0.295 e. The second-order valence-corrected chi connectivity index (χ2v) is 7.13. The predicted octanol–water partition coefficient (Wildman–Crippen LogP) is 3.86. The Labute approximate surface area is 121 Å². The molecule has 3 saturated carbocycles. The van der Waals surface area contributed by atoms with Crippen molar-refractivity contribution in [3.8, 4) is 0 Å². The van der Waals surface area contributed by atoms with E-state index in [9.17, 15) is 9.59 Å². The van der Waals surface area contributed by atoms with Gasteiger partial charge >= 0.3 is 0 Å². The minimum atomic E-state index is 0.0722. The van der Waals surface area contributed by atoms with E-state index < -0.39 is 0 Å². The third-order valence-corrected chi connectivity index (χ3v) is 6.58. The number of hydrogen-bond donors (Lipinski definition) is 0. The molecule has 2 bridgehead atoms. The molecule has 0 aliphatic heterocycles. The summed E-state index contributed by atoms with van der Waals surface area (Å²) < 4.78 is 0. The monoisotopic (exact) mass is 272 g/mol. The Morgan fingerprint density at radius 1 is 1.05 bits per heavy atom. The van der Waals surface area contributed by atoms with Crippen molar-refractivity contribution < 1.29 is 9.59 Å². The maximum atomic E-state index is 12.1. The average molecular weight is 272 g/mol. The molecule has 0 aromatic carbocycles. The fraction of sp³-hybridized carbons (Fsp3) is 0.667. The molecule has 3 aliphatic carbocycles. The molecule has 0 amide bonds. The molecule has 2 nitrogen and oxygen atoms in total. The van der Waals surface area contributed by atoms with Gasteiger partial charge in [-0.05, 0) is 66.9 Å². The van der Waals surface area contributed by atoms with Crippen LogP contribution in [-0.2, 0) is 9.59 Å². The highest BCUT2D eigenvalue weighted by molar-refractivity contribution is 5.91. The van der Waals surface area contributed by atoms with Crippen LogP contribution in [0.25, 0.3) is 0 Å². The zero-order valence-electron chi connectivity index (χ0n) is 12.2. The first-order valence-corrected chi connectivity index (χ1v) is 7.87. The number of carbonyl (C=O) groups is 2. The Bertz CT molecular complexity index is 478. The van der Waals surface area contributed by atoms with Crippen LogP contribution >= 0.6 is 0 Å². The number of rotatable bonds is 6. The second-order valence-electron chi connectivity index (χ2n) is 7.13. The van der Waals surface area contributed by atoms with E-state index in [0.29, 0.717) is 18.8 Å². The summed E-state index contributed by atoms with van der Waals surface area (Å²) in [6, 6.07) is 0. The molecular weight excluding hydrogens is 248 g/mol. The lowest BCUT2D eigenvalue weighted by Gasteiger charge is -2.47. The zero-order chi connectivity index (χ0) is 14.4. The first-order chi connectivity index (χ1) is 9.57. The molecule has 4 unspecified atom stereocenters. The van der Waals surface area contributed by atoms with Crippen molar-refractivity contribution in [1.82, 2.24) is 0 Å². The van der Waals surface area contributed by atoms with Gasteiger partial charge in [0.2, 0.25) is 0 Å². The number of allylic oxidation sites excluding steroid dienone is 2. The van der Waals surface area contributed by atoms with Gasteiger partial charge in [0, 0.05) is 12.8 Å². The predicted molar refractivity (Wildman–Crippen MR) is 79.2 cm³/mol. The Balaban J connectivity index is 1.97. The van der Waals surface area contributed by atoms with Crippen molar-refractivity contribution in [2.24, 2.45) is 22.7 Å². The molecule has 0 radical (unpaired) electrons. The Kier molecular flexibility index (Phi) is 3.23. The standard InChI is InChI=1S/C18H24O2/c1-3-14(19)11-17-9-7-13(10-17)16-6-5-8-18(16,17)12-15(20)4-2/h3-4,13,16H,1-2,5-12H2. The molecule has 20 heavy (non-hydrogen) atoms. The molecule has 0 saturated heterocycles. The summed E-state index contributed by atoms with van der Waals surface area (Å²) in [4.78, 5) is 24.1. The number of fused-ring (bicyclic) bond motifs is 5. The summed E-state index contributed by atoms with van der Waals surface area (Å²) in [6.07, 6.45) is 11.3. The first kappa shape index (κ1) is 13.8. The van der Waals surface area contributed by atoms with Crippen LogP contribution < -0.4 is 0 Å². The lowest BCUT2D eigenvalue weighted by atomic mass is 9.55. The highest BCUT2D eigenvalue weighted by Gasteiger charge is 2.67. The summed E-state index contributed by atoms with van der Waals surface area (Å²) in [6.45, 7) is 7.28. The van der Waals surface area contributed by atoms with Crippen molar-refractivity contribution in [2.45, 2.75) is 51.4 Å². The first-order valence-electron chi connectivity index (χ1n) is 7.87. The molecular formula is C18H24O2. The molecule has 0 spiro atoms. The maximum Gasteiger partial charge on any atom is 0.155 e. The van der Waals surface area contributed by atoms with Crippen molar-refractivity contribution in [3.63, 3.8) is 0 Å². The van der Waals surface area contributed by atoms with E-state index in [1.807, 2.05) is 0 Å². The maximum absolute atomic E-state index is 12.1. The minimum absolute atomic E-state index is 0.0722. The van der Waals surface area contributed by atoms with Gasteiger partial charge in [-0.2, -0.15) is 0 Å². The van der Waals surface area contributed by atoms with Gasteiger partial charge in [-0.3, -0.25) is 9.59 Å². The lowest BCUT2D eigenvalue weighted by Crippen LogP contribution is -2.43. The topological polar surface area (TPSA) is 34.1 Å². The molecule has 2 heteroatoms. The zero-order valence-corrected chi connectivity index (χ0v) is 12.2. The molecule has 0 aromatic rings. The van der Waals surface area contributed by atoms with Gasteiger partial charge in [0.15, 0.2) is 11.6 Å². The van der Waals surface area contributed by atoms with Crippen LogP contribution in [0.2, 0.25) is 0 Å². The van der Waals surface area contributed by atoms with E-state index >= 15 is 0 Å². The Morgan fingerprint density at radius 2 is 1.75 bits per heavy atom. The van der Waals surface area contributed by atoms with Crippen LogP contribution in [0, 0.1) is 22.7 Å². The molecule has 3 fully saturated rings. The highest BCUT2D eigenvalue weighted by Crippen LogP contribution is 2.75. The molecule has 108 valence electrons. The van der Waals surface area contributed by atoms with Crippen LogP contribution in [0.5, 0.6) is 0 Å². The summed E-state index contributed by atoms with van der Waals surface area (Å²) >= 11 is 0. The van der Waals surface area contributed by atoms with E-state index in [0.717, 1.165) is 25.2 Å². The van der Waals surface area contributed by atoms with Gasteiger partial charge in [-0.15, -0.1) is 0 Å². The van der Waals surface area contributed by atoms with Gasteiger partial charge in [0.25, 0.3) is 0 Å². The Morgan fingerprint density at radius 3 is 2.45 bits per heavy atom. The quantitative estimate of drug-likeness (QED) is 0.688. The van der Waals surface area contributed by atoms with E-state index in [4.69, 9.17) is 0 Å². The van der Waals surface area contributed by atoms with Crippen molar-refractivity contribution in [2.75, 3.05) is 0 Å². The molecule has 4 atom stereocenters. The average Bonchev–Trinajstić information content (AvgIpc) is 3.08. The van der Waals surface area contributed by atoms with E-state index in [1.54, 1.807) is 0 Å². The van der Waals surface area contributed by atoms with Gasteiger partial charge in [-0.25, -0.2) is 0 Å². The minimum Gasteiger partial charge on any atom is -0.295 e. The summed E-state index contributed by atoms with van der Waals surface area (Å²) in [5.74, 6) is 1.73. The Hall–Kier alpha value is -1.18. The molecule has 0 N–H and O–H groups in total. The number of carbonyl (C=O) groups excluding carboxylic acids is 2. The molecule has 0 heterocycles. The van der Waals surface area contributed by atoms with E-state index in [-0.39, 0.29) is 22.4 Å². The van der Waals surface area contributed by atoms with E-state index in [2.05, 4.69) is 13.2 Å². The number of ketones is 2.